The van der Waals surface area contributed by atoms with E-state index in [-0.39, 0.29) is 18.5 Å². The summed E-state index contributed by atoms with van der Waals surface area (Å²) in [6.07, 6.45) is 0. The summed E-state index contributed by atoms with van der Waals surface area (Å²) in [5.74, 6) is 0.216. The maximum absolute atomic E-state index is 11.1. The number of nitrogens with one attached hydrogen (secondary N) is 2. The Morgan fingerprint density at radius 1 is 1.67 bits per heavy atom. The highest BCUT2D eigenvalue weighted by Gasteiger charge is 2.22. The Balaban J connectivity index is 2.23. The van der Waals surface area contributed by atoms with E-state index < -0.39 is 5.97 Å². The molecule has 1 aliphatic rings. The van der Waals surface area contributed by atoms with Crippen LogP contribution in [0.2, 0.25) is 0 Å². The predicted octanol–water partition coefficient (Wildman–Crippen LogP) is -1.15. The first-order valence-corrected chi connectivity index (χ1v) is 4.66. The van der Waals surface area contributed by atoms with Crippen molar-refractivity contribution in [2.75, 3.05) is 18.2 Å². The van der Waals surface area contributed by atoms with Crippen LogP contribution in [0.4, 0.5) is 0 Å². The molecule has 68 valence electrons. The van der Waals surface area contributed by atoms with Gasteiger partial charge < -0.3 is 10.4 Å². The second-order valence-electron chi connectivity index (χ2n) is 2.38. The summed E-state index contributed by atoms with van der Waals surface area (Å²) in [7, 11) is 0. The van der Waals surface area contributed by atoms with Gasteiger partial charge in [0.1, 0.15) is 6.54 Å². The molecule has 1 aliphatic heterocycles. The van der Waals surface area contributed by atoms with Crippen LogP contribution < -0.4 is 10.6 Å². The van der Waals surface area contributed by atoms with Gasteiger partial charge in [-0.25, -0.2) is 0 Å². The number of hydrogen-bond acceptors (Lipinski definition) is 4. The van der Waals surface area contributed by atoms with Crippen molar-refractivity contribution in [1.29, 1.82) is 0 Å². The quantitative estimate of drug-likeness (QED) is 0.524. The van der Waals surface area contributed by atoms with E-state index in [0.717, 1.165) is 5.88 Å². The van der Waals surface area contributed by atoms with Gasteiger partial charge in [-0.2, -0.15) is 0 Å². The molecule has 0 aromatic carbocycles. The van der Waals surface area contributed by atoms with Crippen molar-refractivity contribution in [3.63, 3.8) is 0 Å². The van der Waals surface area contributed by atoms with Gasteiger partial charge in [-0.3, -0.25) is 14.9 Å². The van der Waals surface area contributed by atoms with Crippen LogP contribution in [0.5, 0.6) is 0 Å². The average Bonchev–Trinajstić information content (AvgIpc) is 2.51. The van der Waals surface area contributed by atoms with Gasteiger partial charge in [0.25, 0.3) is 0 Å². The van der Waals surface area contributed by atoms with Crippen LogP contribution in [0.1, 0.15) is 0 Å². The van der Waals surface area contributed by atoms with Crippen molar-refractivity contribution < 1.29 is 14.7 Å². The minimum atomic E-state index is -1.02. The highest BCUT2D eigenvalue weighted by Crippen LogP contribution is 2.08. The third-order valence-corrected chi connectivity index (χ3v) is 2.39. The monoisotopic (exact) mass is 190 g/mol. The van der Waals surface area contributed by atoms with Crippen molar-refractivity contribution in [1.82, 2.24) is 10.6 Å². The van der Waals surface area contributed by atoms with E-state index in [4.69, 9.17) is 5.11 Å². The summed E-state index contributed by atoms with van der Waals surface area (Å²) in [5.41, 5.74) is 0. The van der Waals surface area contributed by atoms with Crippen molar-refractivity contribution in [3.8, 4) is 0 Å². The second-order valence-corrected chi connectivity index (χ2v) is 3.41. The van der Waals surface area contributed by atoms with Crippen molar-refractivity contribution in [2.45, 2.75) is 6.04 Å². The highest BCUT2D eigenvalue weighted by atomic mass is 32.2. The zero-order valence-electron chi connectivity index (χ0n) is 6.37. The molecule has 1 rings (SSSR count). The summed E-state index contributed by atoms with van der Waals surface area (Å²) in [6.45, 7) is -0.304. The summed E-state index contributed by atoms with van der Waals surface area (Å²) in [6, 6.07) is -0.227. The fraction of sp³-hybridized carbons (Fsp3) is 0.667. The smallest absolute Gasteiger partial charge is 0.322 e. The molecule has 1 fully saturated rings. The number of carbonyl (C=O) groups is 2. The van der Waals surface area contributed by atoms with Gasteiger partial charge in [-0.05, 0) is 0 Å². The Hall–Kier alpha value is -0.750. The normalized spacial score (nSPS) is 22.2. The Bertz CT molecular complexity index is 191. The molecule has 0 bridgehead atoms. The average molecular weight is 190 g/mol. The number of aliphatic carboxylic acids is 1. The van der Waals surface area contributed by atoms with Gasteiger partial charge in [0.2, 0.25) is 5.91 Å². The van der Waals surface area contributed by atoms with E-state index in [1.807, 2.05) is 0 Å². The molecule has 1 heterocycles. The molecule has 1 amide bonds. The number of carbonyl (C=O) groups excluding carboxylic acids is 1. The van der Waals surface area contributed by atoms with Crippen molar-refractivity contribution in [2.24, 2.45) is 0 Å². The number of carboxylic acid groups (broad SMARTS) is 1. The van der Waals surface area contributed by atoms with Gasteiger partial charge in [0, 0.05) is 11.6 Å². The SMILES string of the molecule is O=C(O)CNC(=O)[C@@H]1CSCN1. The lowest BCUT2D eigenvalue weighted by molar-refractivity contribution is -0.138. The summed E-state index contributed by atoms with van der Waals surface area (Å²) in [5, 5.41) is 13.5. The minimum Gasteiger partial charge on any atom is -0.480 e. The zero-order chi connectivity index (χ0) is 8.97. The number of thioether (sulfide) groups is 1. The van der Waals surface area contributed by atoms with Crippen LogP contribution >= 0.6 is 11.8 Å². The molecule has 1 saturated heterocycles. The van der Waals surface area contributed by atoms with E-state index in [9.17, 15) is 9.59 Å². The Labute approximate surface area is 73.9 Å². The third-order valence-electron chi connectivity index (χ3n) is 1.45. The standard InChI is InChI=1S/C6H10N2O3S/c9-5(10)1-7-6(11)4-2-12-3-8-4/h4,8H,1-3H2,(H,7,11)(H,9,10)/t4-/m0/s1. The zero-order valence-corrected chi connectivity index (χ0v) is 7.19. The van der Waals surface area contributed by atoms with Crippen molar-refractivity contribution >= 4 is 23.6 Å². The Morgan fingerprint density at radius 3 is 2.92 bits per heavy atom. The number of hydrogen-bond donors (Lipinski definition) is 3. The lowest BCUT2D eigenvalue weighted by Crippen LogP contribution is -2.43. The third kappa shape index (κ3) is 2.71. The van der Waals surface area contributed by atoms with Crippen LogP contribution in [0, 0.1) is 0 Å². The first kappa shape index (κ1) is 9.34. The Morgan fingerprint density at radius 2 is 2.42 bits per heavy atom. The molecular weight excluding hydrogens is 180 g/mol. The molecule has 0 aromatic heterocycles. The maximum Gasteiger partial charge on any atom is 0.322 e. The van der Waals surface area contributed by atoms with Gasteiger partial charge in [-0.15, -0.1) is 11.8 Å². The first-order valence-electron chi connectivity index (χ1n) is 3.51. The fourth-order valence-electron chi connectivity index (χ4n) is 0.850. The van der Waals surface area contributed by atoms with E-state index in [0.29, 0.717) is 5.75 Å². The number of rotatable bonds is 3. The highest BCUT2D eigenvalue weighted by molar-refractivity contribution is 7.99. The second kappa shape index (κ2) is 4.32. The van der Waals surface area contributed by atoms with Gasteiger partial charge in [0.15, 0.2) is 0 Å². The molecule has 0 aromatic rings. The number of carboxylic acids is 1. The topological polar surface area (TPSA) is 78.4 Å². The van der Waals surface area contributed by atoms with Crippen LogP contribution in [-0.2, 0) is 9.59 Å². The first-order chi connectivity index (χ1) is 5.70. The summed E-state index contributed by atoms with van der Waals surface area (Å²) < 4.78 is 0. The van der Waals surface area contributed by atoms with Crippen LogP contribution in [0.3, 0.4) is 0 Å². The molecule has 1 atom stereocenters. The van der Waals surface area contributed by atoms with E-state index in [1.165, 1.54) is 0 Å². The molecule has 5 nitrogen and oxygen atoms in total. The lowest BCUT2D eigenvalue weighted by atomic mass is 10.3. The minimum absolute atomic E-state index is 0.227. The molecule has 0 radical (unpaired) electrons. The predicted molar refractivity (Wildman–Crippen MR) is 44.9 cm³/mol. The van der Waals surface area contributed by atoms with Gasteiger partial charge in [-0.1, -0.05) is 0 Å². The molecule has 0 spiro atoms. The maximum atomic E-state index is 11.1. The molecule has 12 heavy (non-hydrogen) atoms. The molecule has 6 heteroatoms. The van der Waals surface area contributed by atoms with Crippen LogP contribution in [-0.4, -0.2) is 41.2 Å². The molecule has 0 unspecified atom stereocenters. The van der Waals surface area contributed by atoms with Crippen LogP contribution in [0.15, 0.2) is 0 Å². The molecular formula is C6H10N2O3S. The molecule has 3 N–H and O–H groups in total. The summed E-state index contributed by atoms with van der Waals surface area (Å²) in [4.78, 5) is 21.2. The fourth-order valence-corrected chi connectivity index (χ4v) is 1.79. The summed E-state index contributed by atoms with van der Waals surface area (Å²) >= 11 is 1.63. The molecule has 0 saturated carbocycles. The van der Waals surface area contributed by atoms with E-state index in [2.05, 4.69) is 10.6 Å². The van der Waals surface area contributed by atoms with Gasteiger partial charge >= 0.3 is 5.97 Å². The number of amides is 1. The Kier molecular flexibility index (Phi) is 3.36. The van der Waals surface area contributed by atoms with Gasteiger partial charge in [0.05, 0.1) is 6.04 Å². The lowest BCUT2D eigenvalue weighted by Gasteiger charge is -2.07. The molecule has 0 aliphatic carbocycles. The van der Waals surface area contributed by atoms with E-state index in [1.54, 1.807) is 11.8 Å². The van der Waals surface area contributed by atoms with E-state index >= 15 is 0 Å². The van der Waals surface area contributed by atoms with Crippen LogP contribution in [0.25, 0.3) is 0 Å². The largest absolute Gasteiger partial charge is 0.480 e. The van der Waals surface area contributed by atoms with Crippen molar-refractivity contribution in [3.05, 3.63) is 0 Å².